The van der Waals surface area contributed by atoms with Crippen LogP contribution in [0.4, 0.5) is 5.69 Å². The van der Waals surface area contributed by atoms with E-state index in [2.05, 4.69) is 26.2 Å². The largest absolute Gasteiger partial charge is 0.321 e. The molecule has 0 aliphatic heterocycles. The van der Waals surface area contributed by atoms with Gasteiger partial charge >= 0.3 is 0 Å². The van der Waals surface area contributed by atoms with Gasteiger partial charge in [0.1, 0.15) is 5.69 Å². The third-order valence-corrected chi connectivity index (χ3v) is 3.18. The number of carbonyl (C=O) groups is 1. The minimum Gasteiger partial charge on any atom is -0.321 e. The zero-order valence-electron chi connectivity index (χ0n) is 10.1. The summed E-state index contributed by atoms with van der Waals surface area (Å²) in [7, 11) is 0. The van der Waals surface area contributed by atoms with Crippen LogP contribution >= 0.6 is 27.5 Å². The highest BCUT2D eigenvalue weighted by atomic mass is 79.9. The number of anilines is 1. The number of rotatable bonds is 4. The average Bonchev–Trinajstić information content (AvgIpc) is 2.42. The van der Waals surface area contributed by atoms with Crippen molar-refractivity contribution >= 4 is 39.1 Å². The molecule has 0 spiro atoms. The maximum absolute atomic E-state index is 11.9. The number of aromatic nitrogens is 1. The number of aryl methyl sites for hydroxylation is 1. The first-order chi connectivity index (χ1) is 9.19. The molecule has 2 aromatic rings. The van der Waals surface area contributed by atoms with Gasteiger partial charge in [-0.05, 0) is 36.2 Å². The van der Waals surface area contributed by atoms with Crippen molar-refractivity contribution in [2.45, 2.75) is 6.42 Å². The topological polar surface area (TPSA) is 42.0 Å². The molecular formula is C14H12BrClN2O. The van der Waals surface area contributed by atoms with Gasteiger partial charge in [-0.15, -0.1) is 0 Å². The van der Waals surface area contributed by atoms with Gasteiger partial charge in [0.05, 0.1) is 5.02 Å². The van der Waals surface area contributed by atoms with Crippen LogP contribution in [-0.4, -0.2) is 16.2 Å². The van der Waals surface area contributed by atoms with Crippen LogP contribution in [0.2, 0.25) is 5.02 Å². The van der Waals surface area contributed by atoms with E-state index in [4.69, 9.17) is 11.6 Å². The number of benzene rings is 1. The minimum absolute atomic E-state index is 0.245. The van der Waals surface area contributed by atoms with Gasteiger partial charge in [0.2, 0.25) is 0 Å². The fourth-order valence-corrected chi connectivity index (χ4v) is 2.14. The highest BCUT2D eigenvalue weighted by Crippen LogP contribution is 2.12. The minimum atomic E-state index is -0.245. The SMILES string of the molecule is O=C(Nc1ccc(CCBr)cc1)c1ccc(Cl)cn1. The Kier molecular flexibility index (Phi) is 4.93. The van der Waals surface area contributed by atoms with Gasteiger partial charge in [-0.3, -0.25) is 4.79 Å². The van der Waals surface area contributed by atoms with Crippen molar-refractivity contribution in [3.63, 3.8) is 0 Å². The summed E-state index contributed by atoms with van der Waals surface area (Å²) < 4.78 is 0. The van der Waals surface area contributed by atoms with E-state index in [-0.39, 0.29) is 5.91 Å². The highest BCUT2D eigenvalue weighted by molar-refractivity contribution is 9.09. The average molecular weight is 340 g/mol. The second-order valence-electron chi connectivity index (χ2n) is 3.95. The molecule has 1 heterocycles. The molecule has 0 fully saturated rings. The fourth-order valence-electron chi connectivity index (χ4n) is 1.57. The highest BCUT2D eigenvalue weighted by Gasteiger charge is 2.07. The van der Waals surface area contributed by atoms with Crippen molar-refractivity contribution in [2.75, 3.05) is 10.6 Å². The van der Waals surface area contributed by atoms with Crippen LogP contribution in [0.3, 0.4) is 0 Å². The smallest absolute Gasteiger partial charge is 0.274 e. The molecular weight excluding hydrogens is 328 g/mol. The van der Waals surface area contributed by atoms with E-state index in [1.54, 1.807) is 12.1 Å². The summed E-state index contributed by atoms with van der Waals surface area (Å²) >= 11 is 9.12. The number of nitrogens with zero attached hydrogens (tertiary/aromatic N) is 1. The summed E-state index contributed by atoms with van der Waals surface area (Å²) in [4.78, 5) is 15.9. The number of pyridine rings is 1. The van der Waals surface area contributed by atoms with Gasteiger partial charge < -0.3 is 5.32 Å². The Hall–Kier alpha value is -1.39. The predicted molar refractivity (Wildman–Crippen MR) is 81.1 cm³/mol. The summed E-state index contributed by atoms with van der Waals surface area (Å²) in [5, 5.41) is 4.22. The number of amides is 1. The molecule has 1 aromatic heterocycles. The number of nitrogens with one attached hydrogen (secondary N) is 1. The Bertz CT molecular complexity index is 555. The lowest BCUT2D eigenvalue weighted by Crippen LogP contribution is -2.13. The summed E-state index contributed by atoms with van der Waals surface area (Å²) in [6.07, 6.45) is 2.42. The molecule has 1 amide bonds. The third kappa shape index (κ3) is 4.04. The van der Waals surface area contributed by atoms with Crippen molar-refractivity contribution in [1.29, 1.82) is 0 Å². The van der Waals surface area contributed by atoms with Crippen LogP contribution in [0.5, 0.6) is 0 Å². The zero-order valence-corrected chi connectivity index (χ0v) is 12.4. The summed E-state index contributed by atoms with van der Waals surface area (Å²) in [5.41, 5.74) is 2.31. The Labute approximate surface area is 125 Å². The van der Waals surface area contributed by atoms with Crippen molar-refractivity contribution in [3.8, 4) is 0 Å². The Morgan fingerprint density at radius 1 is 1.21 bits per heavy atom. The van der Waals surface area contributed by atoms with Crippen LogP contribution in [-0.2, 0) is 6.42 Å². The van der Waals surface area contributed by atoms with E-state index in [0.29, 0.717) is 10.7 Å². The predicted octanol–water partition coefficient (Wildman–Crippen LogP) is 3.92. The van der Waals surface area contributed by atoms with Crippen molar-refractivity contribution in [2.24, 2.45) is 0 Å². The van der Waals surface area contributed by atoms with Crippen LogP contribution in [0.25, 0.3) is 0 Å². The van der Waals surface area contributed by atoms with Crippen LogP contribution in [0.15, 0.2) is 42.6 Å². The van der Waals surface area contributed by atoms with E-state index in [9.17, 15) is 4.79 Å². The molecule has 0 bridgehead atoms. The van der Waals surface area contributed by atoms with E-state index >= 15 is 0 Å². The third-order valence-electron chi connectivity index (χ3n) is 2.55. The molecule has 0 saturated carbocycles. The molecule has 3 nitrogen and oxygen atoms in total. The number of halogens is 2. The summed E-state index contributed by atoms with van der Waals surface area (Å²) in [6, 6.07) is 11.0. The number of hydrogen-bond donors (Lipinski definition) is 1. The molecule has 0 atom stereocenters. The molecule has 0 unspecified atom stereocenters. The molecule has 0 saturated heterocycles. The standard InChI is InChI=1S/C14H12BrClN2O/c15-8-7-10-1-4-12(5-2-10)18-14(19)13-6-3-11(16)9-17-13/h1-6,9H,7-8H2,(H,18,19). The van der Waals surface area contributed by atoms with Crippen molar-refractivity contribution in [3.05, 3.63) is 58.9 Å². The van der Waals surface area contributed by atoms with Gasteiger partial charge in [0.25, 0.3) is 5.91 Å². The van der Waals surface area contributed by atoms with Crippen LogP contribution in [0.1, 0.15) is 16.1 Å². The van der Waals surface area contributed by atoms with Crippen molar-refractivity contribution in [1.82, 2.24) is 4.98 Å². The quantitative estimate of drug-likeness (QED) is 0.858. The first kappa shape index (κ1) is 14.0. The van der Waals surface area contributed by atoms with E-state index in [0.717, 1.165) is 17.4 Å². The van der Waals surface area contributed by atoms with Crippen LogP contribution in [0, 0.1) is 0 Å². The second kappa shape index (κ2) is 6.68. The molecule has 19 heavy (non-hydrogen) atoms. The van der Waals surface area contributed by atoms with Gasteiger partial charge in [-0.2, -0.15) is 0 Å². The first-order valence-electron chi connectivity index (χ1n) is 5.77. The summed E-state index contributed by atoms with van der Waals surface area (Å²) in [5.74, 6) is -0.245. The van der Waals surface area contributed by atoms with Crippen LogP contribution < -0.4 is 5.32 Å². The molecule has 0 aliphatic carbocycles. The number of hydrogen-bond acceptors (Lipinski definition) is 2. The summed E-state index contributed by atoms with van der Waals surface area (Å²) in [6.45, 7) is 0. The lowest BCUT2D eigenvalue weighted by Gasteiger charge is -2.05. The molecule has 0 aliphatic rings. The van der Waals surface area contributed by atoms with E-state index in [1.165, 1.54) is 11.8 Å². The van der Waals surface area contributed by atoms with Gasteiger partial charge in [0, 0.05) is 17.2 Å². The zero-order chi connectivity index (χ0) is 13.7. The monoisotopic (exact) mass is 338 g/mol. The fraction of sp³-hybridized carbons (Fsp3) is 0.143. The number of carbonyl (C=O) groups excluding carboxylic acids is 1. The molecule has 98 valence electrons. The van der Waals surface area contributed by atoms with E-state index in [1.807, 2.05) is 24.3 Å². The second-order valence-corrected chi connectivity index (χ2v) is 5.18. The van der Waals surface area contributed by atoms with E-state index < -0.39 is 0 Å². The first-order valence-corrected chi connectivity index (χ1v) is 7.27. The lowest BCUT2D eigenvalue weighted by molar-refractivity contribution is 0.102. The van der Waals surface area contributed by atoms with Crippen molar-refractivity contribution < 1.29 is 4.79 Å². The van der Waals surface area contributed by atoms with Gasteiger partial charge in [-0.1, -0.05) is 39.7 Å². The Balaban J connectivity index is 2.04. The van der Waals surface area contributed by atoms with Gasteiger partial charge in [-0.25, -0.2) is 4.98 Å². The Morgan fingerprint density at radius 2 is 1.95 bits per heavy atom. The van der Waals surface area contributed by atoms with Gasteiger partial charge in [0.15, 0.2) is 0 Å². The molecule has 0 radical (unpaired) electrons. The molecule has 1 aromatic carbocycles. The molecule has 2 rings (SSSR count). The normalized spacial score (nSPS) is 10.2. The molecule has 5 heteroatoms. The number of alkyl halides is 1. The lowest BCUT2D eigenvalue weighted by atomic mass is 10.1. The Morgan fingerprint density at radius 3 is 2.53 bits per heavy atom. The maximum atomic E-state index is 11.9. The molecule has 1 N–H and O–H groups in total. The maximum Gasteiger partial charge on any atom is 0.274 e.